The molecule has 0 bridgehead atoms. The van der Waals surface area contributed by atoms with Crippen molar-refractivity contribution in [2.24, 2.45) is 0 Å². The van der Waals surface area contributed by atoms with Gasteiger partial charge in [-0.15, -0.1) is 0 Å². The standard InChI is InChI=1S/C22H20O6/c1-3-27-21-19(23)17-10-13(22(24)25)7-8-18(17)28-20(21)16-11-15(16)12-5-4-6-14(9-12)26-2/h4-10,15-16H,3,11H2,1-2H3,(H,24,25). The van der Waals surface area contributed by atoms with Crippen LogP contribution in [0.1, 0.15) is 46.9 Å². The van der Waals surface area contributed by atoms with E-state index in [1.807, 2.05) is 24.3 Å². The Morgan fingerprint density at radius 3 is 2.75 bits per heavy atom. The van der Waals surface area contributed by atoms with E-state index in [4.69, 9.17) is 13.9 Å². The number of methoxy groups -OCH3 is 1. The van der Waals surface area contributed by atoms with Gasteiger partial charge in [-0.3, -0.25) is 4.79 Å². The molecule has 6 nitrogen and oxygen atoms in total. The van der Waals surface area contributed by atoms with Crippen LogP contribution in [0.4, 0.5) is 0 Å². The number of benzene rings is 2. The zero-order valence-corrected chi connectivity index (χ0v) is 15.6. The Hall–Kier alpha value is -3.28. The van der Waals surface area contributed by atoms with Crippen molar-refractivity contribution < 1.29 is 23.8 Å². The van der Waals surface area contributed by atoms with Gasteiger partial charge in [0.15, 0.2) is 5.76 Å². The fourth-order valence-electron chi connectivity index (χ4n) is 3.58. The van der Waals surface area contributed by atoms with Crippen LogP contribution in [0.25, 0.3) is 11.0 Å². The summed E-state index contributed by atoms with van der Waals surface area (Å²) in [5.41, 5.74) is 1.19. The summed E-state index contributed by atoms with van der Waals surface area (Å²) < 4.78 is 17.0. The molecule has 1 heterocycles. The molecule has 0 aliphatic heterocycles. The van der Waals surface area contributed by atoms with Gasteiger partial charge >= 0.3 is 5.97 Å². The lowest BCUT2D eigenvalue weighted by Gasteiger charge is -2.11. The number of hydrogen-bond donors (Lipinski definition) is 1. The maximum absolute atomic E-state index is 13.0. The van der Waals surface area contributed by atoms with Gasteiger partial charge in [0, 0.05) is 5.92 Å². The third kappa shape index (κ3) is 3.11. The van der Waals surface area contributed by atoms with E-state index in [0.717, 1.165) is 17.7 Å². The summed E-state index contributed by atoms with van der Waals surface area (Å²) >= 11 is 0. The second-order valence-electron chi connectivity index (χ2n) is 6.80. The van der Waals surface area contributed by atoms with E-state index in [1.54, 1.807) is 14.0 Å². The zero-order valence-electron chi connectivity index (χ0n) is 15.6. The monoisotopic (exact) mass is 380 g/mol. The largest absolute Gasteiger partial charge is 0.497 e. The summed E-state index contributed by atoms with van der Waals surface area (Å²) in [7, 11) is 1.63. The van der Waals surface area contributed by atoms with Gasteiger partial charge in [0.2, 0.25) is 11.2 Å². The summed E-state index contributed by atoms with van der Waals surface area (Å²) in [5, 5.41) is 9.40. The Morgan fingerprint density at radius 2 is 2.04 bits per heavy atom. The van der Waals surface area contributed by atoms with Crippen molar-refractivity contribution in [3.8, 4) is 11.5 Å². The summed E-state index contributed by atoms with van der Waals surface area (Å²) in [5.74, 6) is 0.638. The van der Waals surface area contributed by atoms with Gasteiger partial charge in [-0.05, 0) is 55.2 Å². The predicted octanol–water partition coefficient (Wildman–Crippen LogP) is 4.17. The van der Waals surface area contributed by atoms with E-state index in [0.29, 0.717) is 18.0 Å². The number of carbonyl (C=O) groups is 1. The minimum Gasteiger partial charge on any atom is -0.497 e. The maximum atomic E-state index is 13.0. The zero-order chi connectivity index (χ0) is 19.8. The van der Waals surface area contributed by atoms with E-state index in [1.165, 1.54) is 18.2 Å². The van der Waals surface area contributed by atoms with Crippen LogP contribution in [0, 0.1) is 0 Å². The van der Waals surface area contributed by atoms with E-state index < -0.39 is 5.97 Å². The molecule has 4 rings (SSSR count). The van der Waals surface area contributed by atoms with E-state index in [9.17, 15) is 14.7 Å². The van der Waals surface area contributed by atoms with Crippen molar-refractivity contribution in [1.82, 2.24) is 0 Å². The third-order valence-electron chi connectivity index (χ3n) is 5.06. The molecule has 28 heavy (non-hydrogen) atoms. The highest BCUT2D eigenvalue weighted by Gasteiger charge is 2.44. The number of aromatic carboxylic acids is 1. The van der Waals surface area contributed by atoms with Gasteiger partial charge in [-0.1, -0.05) is 12.1 Å². The molecule has 6 heteroatoms. The number of rotatable bonds is 6. The Kier molecular flexibility index (Phi) is 4.55. The van der Waals surface area contributed by atoms with Crippen molar-refractivity contribution in [3.63, 3.8) is 0 Å². The van der Waals surface area contributed by atoms with Crippen molar-refractivity contribution in [1.29, 1.82) is 0 Å². The highest BCUT2D eigenvalue weighted by molar-refractivity contribution is 5.93. The van der Waals surface area contributed by atoms with Crippen LogP contribution in [0.5, 0.6) is 11.5 Å². The lowest BCUT2D eigenvalue weighted by atomic mass is 10.1. The first-order chi connectivity index (χ1) is 13.5. The van der Waals surface area contributed by atoms with E-state index in [-0.39, 0.29) is 34.0 Å². The lowest BCUT2D eigenvalue weighted by Crippen LogP contribution is -2.12. The number of carboxylic acid groups (broad SMARTS) is 1. The Bertz CT molecular complexity index is 1110. The Morgan fingerprint density at radius 1 is 1.21 bits per heavy atom. The van der Waals surface area contributed by atoms with Gasteiger partial charge < -0.3 is 19.0 Å². The molecule has 3 aromatic rings. The van der Waals surface area contributed by atoms with Crippen LogP contribution in [0.2, 0.25) is 0 Å². The molecule has 1 aromatic heterocycles. The highest BCUT2D eigenvalue weighted by atomic mass is 16.5. The quantitative estimate of drug-likeness (QED) is 0.691. The van der Waals surface area contributed by atoms with E-state index in [2.05, 4.69) is 0 Å². The first-order valence-electron chi connectivity index (χ1n) is 9.14. The topological polar surface area (TPSA) is 86.0 Å². The summed E-state index contributed by atoms with van der Waals surface area (Å²) in [4.78, 5) is 24.2. The van der Waals surface area contributed by atoms with Crippen molar-refractivity contribution >= 4 is 16.9 Å². The summed E-state index contributed by atoms with van der Waals surface area (Å²) in [6.45, 7) is 2.12. The minimum atomic E-state index is -1.09. The normalized spacial score (nSPS) is 18.1. The van der Waals surface area contributed by atoms with Gasteiger partial charge in [-0.2, -0.15) is 0 Å². The van der Waals surface area contributed by atoms with Gasteiger partial charge in [-0.25, -0.2) is 4.79 Å². The van der Waals surface area contributed by atoms with Crippen LogP contribution < -0.4 is 14.9 Å². The molecular formula is C22H20O6. The molecule has 0 radical (unpaired) electrons. The van der Waals surface area contributed by atoms with Crippen LogP contribution in [0.15, 0.2) is 51.7 Å². The number of ether oxygens (including phenoxy) is 2. The molecule has 0 amide bonds. The Labute approximate surface area is 161 Å². The van der Waals surface area contributed by atoms with Crippen molar-refractivity contribution in [2.45, 2.75) is 25.2 Å². The van der Waals surface area contributed by atoms with Crippen LogP contribution >= 0.6 is 0 Å². The van der Waals surface area contributed by atoms with Gasteiger partial charge in [0.05, 0.1) is 24.7 Å². The number of fused-ring (bicyclic) bond motifs is 1. The maximum Gasteiger partial charge on any atom is 0.335 e. The molecule has 0 spiro atoms. The second kappa shape index (κ2) is 7.03. The van der Waals surface area contributed by atoms with Crippen LogP contribution in [-0.4, -0.2) is 24.8 Å². The molecule has 2 unspecified atom stereocenters. The average molecular weight is 380 g/mol. The fraction of sp³-hybridized carbons (Fsp3) is 0.273. The second-order valence-corrected chi connectivity index (χ2v) is 6.80. The lowest BCUT2D eigenvalue weighted by molar-refractivity contribution is 0.0697. The van der Waals surface area contributed by atoms with Crippen molar-refractivity contribution in [3.05, 3.63) is 69.6 Å². The molecule has 2 atom stereocenters. The number of hydrogen-bond acceptors (Lipinski definition) is 5. The first kappa shape index (κ1) is 18.1. The molecule has 1 aliphatic carbocycles. The fourth-order valence-corrected chi connectivity index (χ4v) is 3.58. The van der Waals surface area contributed by atoms with Gasteiger partial charge in [0.25, 0.3) is 0 Å². The molecule has 2 aromatic carbocycles. The minimum absolute atomic E-state index is 0.0323. The molecule has 1 aliphatic rings. The molecule has 144 valence electrons. The summed E-state index contributed by atoms with van der Waals surface area (Å²) in [6, 6.07) is 12.2. The predicted molar refractivity (Wildman–Crippen MR) is 104 cm³/mol. The van der Waals surface area contributed by atoms with E-state index >= 15 is 0 Å². The van der Waals surface area contributed by atoms with Crippen LogP contribution in [-0.2, 0) is 0 Å². The van der Waals surface area contributed by atoms with Crippen LogP contribution in [0.3, 0.4) is 0 Å². The third-order valence-corrected chi connectivity index (χ3v) is 5.06. The molecule has 1 saturated carbocycles. The SMILES string of the molecule is CCOc1c(C2CC2c2cccc(OC)c2)oc2ccc(C(=O)O)cc2c1=O. The number of carboxylic acids is 1. The Balaban J connectivity index is 1.78. The highest BCUT2D eigenvalue weighted by Crippen LogP contribution is 2.56. The van der Waals surface area contributed by atoms with Gasteiger partial charge in [0.1, 0.15) is 11.3 Å². The smallest absolute Gasteiger partial charge is 0.335 e. The molecule has 1 N–H and O–H groups in total. The molecular weight excluding hydrogens is 360 g/mol. The average Bonchev–Trinajstić information content (AvgIpc) is 3.50. The summed E-state index contributed by atoms with van der Waals surface area (Å²) in [6.07, 6.45) is 0.842. The van der Waals surface area contributed by atoms with Crippen molar-refractivity contribution in [2.75, 3.05) is 13.7 Å². The molecule has 0 saturated heterocycles. The first-order valence-corrected chi connectivity index (χ1v) is 9.14. The molecule has 1 fully saturated rings.